The third-order valence-electron chi connectivity index (χ3n) is 9.42. The molecular weight excluding hydrogens is 716 g/mol. The number of tetrazole rings is 1. The van der Waals surface area contributed by atoms with Gasteiger partial charge in [0.15, 0.2) is 11.2 Å². The van der Waals surface area contributed by atoms with Crippen LogP contribution in [0.4, 0.5) is 0 Å². The van der Waals surface area contributed by atoms with Crippen molar-refractivity contribution in [2.24, 2.45) is 0 Å². The van der Waals surface area contributed by atoms with Gasteiger partial charge < -0.3 is 13.7 Å². The average Bonchev–Trinajstić information content (AvgIpc) is 3.90. The Hall–Kier alpha value is -6.13. The number of nitrogens with zero attached hydrogens (tertiary/aromatic N) is 6. The second-order valence-electron chi connectivity index (χ2n) is 12.3. The van der Waals surface area contributed by atoms with E-state index in [0.29, 0.717) is 23.8 Å². The van der Waals surface area contributed by atoms with Gasteiger partial charge in [0, 0.05) is 21.2 Å². The summed E-state index contributed by atoms with van der Waals surface area (Å²) in [6, 6.07) is 40.8. The molecule has 6 aromatic rings. The molecule has 8 rings (SSSR count). The van der Waals surface area contributed by atoms with Crippen molar-refractivity contribution in [1.82, 2.24) is 29.8 Å². The molecule has 0 N–H and O–H groups in total. The molecule has 1 aliphatic heterocycles. The van der Waals surface area contributed by atoms with E-state index in [1.807, 2.05) is 90.4 Å². The molecule has 52 heavy (non-hydrogen) atoms. The molecule has 0 unspecified atom stereocenters. The van der Waals surface area contributed by atoms with E-state index in [1.54, 1.807) is 30.6 Å². The molecule has 3 heterocycles. The second-order valence-corrected chi connectivity index (χ2v) is 13.1. The quantitative estimate of drug-likeness (QED) is 0.102. The number of ether oxygens (including phenoxy) is 1. The smallest absolute Gasteiger partial charge is 0.356 e. The van der Waals surface area contributed by atoms with Crippen molar-refractivity contribution in [3.63, 3.8) is 0 Å². The first kappa shape index (κ1) is 33.0. The molecule has 0 saturated carbocycles. The molecule has 10 heteroatoms. The fourth-order valence-corrected chi connectivity index (χ4v) is 7.89. The largest absolute Gasteiger partial charge is 0.472 e. The van der Waals surface area contributed by atoms with E-state index in [4.69, 9.17) is 24.6 Å². The standard InChI is InChI=1S/C42H33BrN6O3/c1-3-52-41(50)39-28(2)44-27-48(39)25-35-32-23-24-51-26-36(32)38(43)37(35)33-21-13-14-22-34(33)40-45-47-49(46-40)42(29-15-7-4-8-16-29,30-17-9-5-10-18-30)31-19-11-6-12-20-31/h4-24,26-27H,3,25H2,1-2H3. The number of imidazole rings is 1. The maximum absolute atomic E-state index is 13.1. The lowest BCUT2D eigenvalue weighted by Crippen LogP contribution is -2.39. The average molecular weight is 750 g/mol. The van der Waals surface area contributed by atoms with Crippen LogP contribution in [0.25, 0.3) is 33.6 Å². The van der Waals surface area contributed by atoms with Gasteiger partial charge in [-0.2, -0.15) is 0 Å². The summed E-state index contributed by atoms with van der Waals surface area (Å²) < 4.78 is 13.7. The second kappa shape index (κ2) is 13.9. The molecular formula is C42H33BrN6O3. The highest BCUT2D eigenvalue weighted by Gasteiger charge is 2.41. The number of halogens is 1. The van der Waals surface area contributed by atoms with E-state index in [0.717, 1.165) is 54.5 Å². The summed E-state index contributed by atoms with van der Waals surface area (Å²) in [5, 5.41) is 14.8. The zero-order valence-electron chi connectivity index (χ0n) is 28.5. The first-order chi connectivity index (χ1) is 25.5. The van der Waals surface area contributed by atoms with Crippen molar-refractivity contribution >= 4 is 21.9 Å². The minimum Gasteiger partial charge on any atom is -0.472 e. The lowest BCUT2D eigenvalue weighted by Gasteiger charge is -2.34. The lowest BCUT2D eigenvalue weighted by molar-refractivity contribution is 0.0513. The van der Waals surface area contributed by atoms with E-state index in [9.17, 15) is 4.79 Å². The van der Waals surface area contributed by atoms with Crippen molar-refractivity contribution in [1.29, 1.82) is 0 Å². The summed E-state index contributed by atoms with van der Waals surface area (Å²) in [5.74, 6) is 0.0465. The number of aromatic nitrogens is 6. The minimum absolute atomic E-state index is 0.266. The summed E-state index contributed by atoms with van der Waals surface area (Å²) in [5.41, 5.74) is 8.50. The summed E-state index contributed by atoms with van der Waals surface area (Å²) in [4.78, 5) is 19.3. The third-order valence-corrected chi connectivity index (χ3v) is 10.2. The number of aryl methyl sites for hydroxylation is 1. The molecule has 0 fully saturated rings. The maximum atomic E-state index is 13.1. The highest BCUT2D eigenvalue weighted by atomic mass is 79.9. The van der Waals surface area contributed by atoms with Gasteiger partial charge in [-0.25, -0.2) is 9.78 Å². The van der Waals surface area contributed by atoms with Crippen LogP contribution in [0.1, 0.15) is 45.4 Å². The number of hydrogen-bond donors (Lipinski definition) is 0. The van der Waals surface area contributed by atoms with Crippen molar-refractivity contribution in [3.05, 3.63) is 178 Å². The summed E-state index contributed by atoms with van der Waals surface area (Å²) in [6.07, 6.45) is 5.06. The van der Waals surface area contributed by atoms with Gasteiger partial charge in [0.2, 0.25) is 5.82 Å². The van der Waals surface area contributed by atoms with Gasteiger partial charge >= 0.3 is 5.97 Å². The van der Waals surface area contributed by atoms with Crippen molar-refractivity contribution in [3.8, 4) is 33.6 Å². The molecule has 0 bridgehead atoms. The first-order valence-electron chi connectivity index (χ1n) is 16.9. The van der Waals surface area contributed by atoms with Crippen LogP contribution >= 0.6 is 15.9 Å². The molecule has 2 aliphatic rings. The van der Waals surface area contributed by atoms with Gasteiger partial charge in [-0.15, -0.1) is 15.0 Å². The Bertz CT molecular complexity index is 2360. The molecule has 0 atom stereocenters. The van der Waals surface area contributed by atoms with Crippen LogP contribution in [0.5, 0.6) is 0 Å². The van der Waals surface area contributed by atoms with Crippen LogP contribution in [0, 0.1) is 6.92 Å². The van der Waals surface area contributed by atoms with Crippen molar-refractivity contribution in [2.45, 2.75) is 25.9 Å². The molecule has 0 spiro atoms. The van der Waals surface area contributed by atoms with Gasteiger partial charge in [0.25, 0.3) is 0 Å². The number of benzene rings is 4. The Morgan fingerprint density at radius 1 is 0.788 bits per heavy atom. The maximum Gasteiger partial charge on any atom is 0.356 e. The lowest BCUT2D eigenvalue weighted by atomic mass is 9.77. The Morgan fingerprint density at radius 2 is 1.38 bits per heavy atom. The fraction of sp³-hybridized carbons (Fsp3) is 0.119. The van der Waals surface area contributed by atoms with Crippen molar-refractivity contribution < 1.29 is 13.9 Å². The van der Waals surface area contributed by atoms with Crippen molar-refractivity contribution in [2.75, 3.05) is 6.61 Å². The Kier molecular flexibility index (Phi) is 8.82. The van der Waals surface area contributed by atoms with Crippen LogP contribution in [0.2, 0.25) is 0 Å². The van der Waals surface area contributed by atoms with Crippen LogP contribution in [-0.4, -0.2) is 42.3 Å². The number of carbonyl (C=O) groups excluding carboxylic acids is 1. The van der Waals surface area contributed by atoms with Crippen LogP contribution in [0.3, 0.4) is 0 Å². The number of rotatable bonds is 10. The highest BCUT2D eigenvalue weighted by Crippen LogP contribution is 2.49. The minimum atomic E-state index is -0.922. The van der Waals surface area contributed by atoms with E-state index < -0.39 is 11.5 Å². The summed E-state index contributed by atoms with van der Waals surface area (Å²) in [7, 11) is 0. The van der Waals surface area contributed by atoms with Gasteiger partial charge in [-0.05, 0) is 74.4 Å². The van der Waals surface area contributed by atoms with Gasteiger partial charge in [-0.3, -0.25) is 0 Å². The Morgan fingerprint density at radius 3 is 2.00 bits per heavy atom. The molecule has 9 nitrogen and oxygen atoms in total. The molecule has 0 saturated heterocycles. The predicted molar refractivity (Wildman–Crippen MR) is 202 cm³/mol. The summed E-state index contributed by atoms with van der Waals surface area (Å²) >= 11 is 3.93. The summed E-state index contributed by atoms with van der Waals surface area (Å²) in [6.45, 7) is 4.22. The van der Waals surface area contributed by atoms with Gasteiger partial charge in [0.05, 0.1) is 37.7 Å². The van der Waals surface area contributed by atoms with Crippen LogP contribution < -0.4 is 0 Å². The van der Waals surface area contributed by atoms with Crippen LogP contribution in [-0.2, 0) is 16.8 Å². The number of esters is 1. The zero-order valence-corrected chi connectivity index (χ0v) is 30.1. The topological polar surface area (TPSA) is 101 Å². The zero-order chi connectivity index (χ0) is 35.7. The molecule has 4 aromatic carbocycles. The Balaban J connectivity index is 1.32. The highest BCUT2D eigenvalue weighted by molar-refractivity contribution is 9.10. The first-order valence-corrected chi connectivity index (χ1v) is 17.7. The third kappa shape index (κ3) is 5.52. The SMILES string of the molecule is CCOC(=O)c1c(C)ncn1Cc1c2ccocc-2c(Br)c1-c1ccccc1-c1nnn(C(c2ccccc2)(c2ccccc2)c2ccccc2)n1. The molecule has 0 amide bonds. The molecule has 0 radical (unpaired) electrons. The fourth-order valence-electron chi connectivity index (χ4n) is 7.13. The van der Waals surface area contributed by atoms with E-state index in [-0.39, 0.29) is 6.61 Å². The monoisotopic (exact) mass is 748 g/mol. The van der Waals surface area contributed by atoms with Crippen LogP contribution in [0.15, 0.2) is 149 Å². The number of fused-ring (bicyclic) bond motifs is 1. The predicted octanol–water partition coefficient (Wildman–Crippen LogP) is 9.04. The normalized spacial score (nSPS) is 11.6. The van der Waals surface area contributed by atoms with E-state index in [2.05, 4.69) is 63.4 Å². The number of carbonyl (C=O) groups is 1. The molecule has 256 valence electrons. The molecule has 2 aromatic heterocycles. The molecule has 1 aliphatic carbocycles. The van der Waals surface area contributed by atoms with E-state index in [1.165, 1.54) is 0 Å². The number of hydrogen-bond acceptors (Lipinski definition) is 7. The Labute approximate surface area is 309 Å². The van der Waals surface area contributed by atoms with Gasteiger partial charge in [0.1, 0.15) is 0 Å². The van der Waals surface area contributed by atoms with E-state index >= 15 is 0 Å². The van der Waals surface area contributed by atoms with Gasteiger partial charge in [-0.1, -0.05) is 115 Å².